The Morgan fingerprint density at radius 3 is 2.75 bits per heavy atom. The summed E-state index contributed by atoms with van der Waals surface area (Å²) in [5.41, 5.74) is 0. The first kappa shape index (κ1) is 9.61. The summed E-state index contributed by atoms with van der Waals surface area (Å²) in [7, 11) is 0. The summed E-state index contributed by atoms with van der Waals surface area (Å²) in [6.45, 7) is 3.14. The van der Waals surface area contributed by atoms with E-state index in [1.54, 1.807) is 4.90 Å². The Morgan fingerprint density at radius 1 is 1.50 bits per heavy atom. The van der Waals surface area contributed by atoms with Crippen molar-refractivity contribution in [3.8, 4) is 0 Å². The summed E-state index contributed by atoms with van der Waals surface area (Å²) in [6.07, 6.45) is 0. The van der Waals surface area contributed by atoms with E-state index in [2.05, 4.69) is 5.32 Å². The smallest absolute Gasteiger partial charge is 0.317 e. The number of nitrogens with zero attached hydrogens (tertiary/aromatic N) is 1. The lowest BCUT2D eigenvalue weighted by molar-refractivity contribution is 0.0533. The topological polar surface area (TPSA) is 41.6 Å². The predicted octanol–water partition coefficient (Wildman–Crippen LogP) is 0.267. The molecule has 0 spiro atoms. The van der Waals surface area contributed by atoms with Crippen molar-refractivity contribution in [3.63, 3.8) is 0 Å². The van der Waals surface area contributed by atoms with Gasteiger partial charge >= 0.3 is 6.03 Å². The van der Waals surface area contributed by atoms with E-state index in [4.69, 9.17) is 16.3 Å². The third kappa shape index (κ3) is 2.87. The van der Waals surface area contributed by atoms with Gasteiger partial charge in [0.25, 0.3) is 0 Å². The van der Waals surface area contributed by atoms with E-state index >= 15 is 0 Å². The maximum atomic E-state index is 11.3. The van der Waals surface area contributed by atoms with E-state index in [0.29, 0.717) is 38.7 Å². The van der Waals surface area contributed by atoms with Gasteiger partial charge in [-0.25, -0.2) is 4.79 Å². The van der Waals surface area contributed by atoms with Crippen LogP contribution in [-0.2, 0) is 4.74 Å². The van der Waals surface area contributed by atoms with E-state index in [1.807, 2.05) is 0 Å². The summed E-state index contributed by atoms with van der Waals surface area (Å²) in [4.78, 5) is 13.0. The average molecular weight is 193 g/mol. The number of hydrogen-bond donors (Lipinski definition) is 1. The summed E-state index contributed by atoms with van der Waals surface area (Å²) < 4.78 is 5.11. The van der Waals surface area contributed by atoms with Gasteiger partial charge in [0.2, 0.25) is 0 Å². The Morgan fingerprint density at radius 2 is 2.17 bits per heavy atom. The molecule has 0 bridgehead atoms. The normalized spacial score (nSPS) is 17.6. The van der Waals surface area contributed by atoms with Gasteiger partial charge < -0.3 is 15.0 Å². The minimum Gasteiger partial charge on any atom is -0.378 e. The molecule has 1 saturated heterocycles. The molecule has 0 radical (unpaired) electrons. The molecule has 1 aliphatic heterocycles. The van der Waals surface area contributed by atoms with E-state index in [0.717, 1.165) is 0 Å². The van der Waals surface area contributed by atoms with Gasteiger partial charge in [-0.15, -0.1) is 11.6 Å². The molecule has 0 aliphatic carbocycles. The minimum absolute atomic E-state index is 0.0426. The standard InChI is InChI=1S/C7H13ClN2O2/c8-1-2-9-7(11)10-3-5-12-6-4-10/h1-6H2,(H,9,11). The van der Waals surface area contributed by atoms with Crippen LogP contribution in [0.4, 0.5) is 4.79 Å². The molecule has 1 fully saturated rings. The molecule has 0 aromatic heterocycles. The maximum absolute atomic E-state index is 11.3. The highest BCUT2D eigenvalue weighted by Gasteiger charge is 2.15. The Balaban J connectivity index is 2.20. The third-order valence-electron chi connectivity index (χ3n) is 1.67. The fraction of sp³-hybridized carbons (Fsp3) is 0.857. The molecule has 70 valence electrons. The number of amides is 2. The lowest BCUT2D eigenvalue weighted by Crippen LogP contribution is -2.46. The highest BCUT2D eigenvalue weighted by molar-refractivity contribution is 6.18. The maximum Gasteiger partial charge on any atom is 0.317 e. The number of morpholine rings is 1. The molecule has 0 atom stereocenters. The van der Waals surface area contributed by atoms with Crippen LogP contribution in [0.15, 0.2) is 0 Å². The fourth-order valence-corrected chi connectivity index (χ4v) is 1.13. The molecule has 0 saturated carbocycles. The molecule has 5 heteroatoms. The van der Waals surface area contributed by atoms with Crippen LogP contribution >= 0.6 is 11.6 Å². The molecule has 4 nitrogen and oxygen atoms in total. The van der Waals surface area contributed by atoms with Crippen molar-refractivity contribution in [3.05, 3.63) is 0 Å². The minimum atomic E-state index is -0.0426. The van der Waals surface area contributed by atoms with Crippen molar-refractivity contribution in [1.82, 2.24) is 10.2 Å². The molecule has 1 rings (SSSR count). The lowest BCUT2D eigenvalue weighted by Gasteiger charge is -2.26. The van der Waals surface area contributed by atoms with E-state index < -0.39 is 0 Å². The predicted molar refractivity (Wildman–Crippen MR) is 46.5 cm³/mol. The van der Waals surface area contributed by atoms with Crippen molar-refractivity contribution < 1.29 is 9.53 Å². The van der Waals surface area contributed by atoms with Crippen LogP contribution in [0, 0.1) is 0 Å². The van der Waals surface area contributed by atoms with Crippen molar-refractivity contribution in [2.75, 3.05) is 38.7 Å². The van der Waals surface area contributed by atoms with Gasteiger partial charge in [-0.3, -0.25) is 0 Å². The SMILES string of the molecule is O=C(NCCCl)N1CCOCC1. The van der Waals surface area contributed by atoms with Crippen LogP contribution in [0.2, 0.25) is 0 Å². The highest BCUT2D eigenvalue weighted by Crippen LogP contribution is 1.96. The molecule has 0 aromatic rings. The Labute approximate surface area is 76.8 Å². The van der Waals surface area contributed by atoms with E-state index in [-0.39, 0.29) is 6.03 Å². The number of ether oxygens (including phenoxy) is 1. The fourth-order valence-electron chi connectivity index (χ4n) is 1.03. The van der Waals surface area contributed by atoms with Crippen LogP contribution in [0.25, 0.3) is 0 Å². The molecule has 1 heterocycles. The van der Waals surface area contributed by atoms with Crippen LogP contribution in [0.3, 0.4) is 0 Å². The van der Waals surface area contributed by atoms with Crippen molar-refractivity contribution >= 4 is 17.6 Å². The van der Waals surface area contributed by atoms with Gasteiger partial charge in [-0.1, -0.05) is 0 Å². The molecule has 0 unspecified atom stereocenters. The molecule has 12 heavy (non-hydrogen) atoms. The van der Waals surface area contributed by atoms with Crippen LogP contribution in [0.1, 0.15) is 0 Å². The van der Waals surface area contributed by atoms with Gasteiger partial charge in [-0.2, -0.15) is 0 Å². The molecular weight excluding hydrogens is 180 g/mol. The van der Waals surface area contributed by atoms with Crippen LogP contribution in [0.5, 0.6) is 0 Å². The molecular formula is C7H13ClN2O2. The van der Waals surface area contributed by atoms with Crippen LogP contribution in [-0.4, -0.2) is 49.7 Å². The lowest BCUT2D eigenvalue weighted by atomic mass is 10.4. The van der Waals surface area contributed by atoms with E-state index in [9.17, 15) is 4.79 Å². The number of carbonyl (C=O) groups excluding carboxylic acids is 1. The number of urea groups is 1. The Bertz CT molecular complexity index is 148. The number of nitrogens with one attached hydrogen (secondary N) is 1. The summed E-state index contributed by atoms with van der Waals surface area (Å²) in [6, 6.07) is -0.0426. The number of carbonyl (C=O) groups is 1. The zero-order chi connectivity index (χ0) is 8.81. The number of alkyl halides is 1. The van der Waals surface area contributed by atoms with Gasteiger partial charge in [0, 0.05) is 25.5 Å². The first-order chi connectivity index (χ1) is 5.84. The first-order valence-electron chi connectivity index (χ1n) is 4.01. The summed E-state index contributed by atoms with van der Waals surface area (Å²) in [5, 5.41) is 2.70. The zero-order valence-electron chi connectivity index (χ0n) is 6.88. The summed E-state index contributed by atoms with van der Waals surface area (Å²) >= 11 is 5.43. The zero-order valence-corrected chi connectivity index (χ0v) is 7.64. The largest absolute Gasteiger partial charge is 0.378 e. The Hall–Kier alpha value is -0.480. The van der Waals surface area contributed by atoms with Crippen LogP contribution < -0.4 is 5.32 Å². The average Bonchev–Trinajstić information content (AvgIpc) is 2.15. The quantitative estimate of drug-likeness (QED) is 0.638. The second-order valence-corrected chi connectivity index (χ2v) is 2.90. The van der Waals surface area contributed by atoms with Crippen molar-refractivity contribution in [1.29, 1.82) is 0 Å². The highest BCUT2D eigenvalue weighted by atomic mass is 35.5. The number of hydrogen-bond acceptors (Lipinski definition) is 2. The second kappa shape index (κ2) is 5.22. The monoisotopic (exact) mass is 192 g/mol. The van der Waals surface area contributed by atoms with Crippen molar-refractivity contribution in [2.24, 2.45) is 0 Å². The number of halogens is 1. The number of rotatable bonds is 2. The Kier molecular flexibility index (Phi) is 4.18. The van der Waals surface area contributed by atoms with Crippen molar-refractivity contribution in [2.45, 2.75) is 0 Å². The molecule has 1 N–H and O–H groups in total. The van der Waals surface area contributed by atoms with Gasteiger partial charge in [-0.05, 0) is 0 Å². The molecule has 2 amide bonds. The third-order valence-corrected chi connectivity index (χ3v) is 1.86. The second-order valence-electron chi connectivity index (χ2n) is 2.52. The van der Waals surface area contributed by atoms with Gasteiger partial charge in [0.15, 0.2) is 0 Å². The summed E-state index contributed by atoms with van der Waals surface area (Å²) in [5.74, 6) is 0.454. The van der Waals surface area contributed by atoms with Gasteiger partial charge in [0.1, 0.15) is 0 Å². The van der Waals surface area contributed by atoms with Gasteiger partial charge in [0.05, 0.1) is 13.2 Å². The molecule has 0 aromatic carbocycles. The van der Waals surface area contributed by atoms with E-state index in [1.165, 1.54) is 0 Å². The molecule has 1 aliphatic rings. The first-order valence-corrected chi connectivity index (χ1v) is 4.54.